The average Bonchev–Trinajstić information content (AvgIpc) is 2.41. The molecule has 0 aromatic heterocycles. The molecule has 1 amide bonds. The van der Waals surface area contributed by atoms with E-state index in [1.165, 1.54) is 11.1 Å². The van der Waals surface area contributed by atoms with Crippen molar-refractivity contribution in [1.82, 2.24) is 5.43 Å². The van der Waals surface area contributed by atoms with Gasteiger partial charge in [-0.05, 0) is 48.8 Å². The number of ether oxygens (including phenoxy) is 1. The van der Waals surface area contributed by atoms with E-state index in [9.17, 15) is 4.79 Å². The Balaban J connectivity index is 2.45. The van der Waals surface area contributed by atoms with Crippen LogP contribution in [-0.2, 0) is 10.2 Å². The van der Waals surface area contributed by atoms with E-state index in [0.717, 1.165) is 25.0 Å². The molecule has 4 nitrogen and oxygen atoms in total. The summed E-state index contributed by atoms with van der Waals surface area (Å²) in [5.74, 6) is 5.90. The number of unbranched alkanes of at least 4 members (excludes halogenated alkanes) is 2. The molecule has 0 saturated carbocycles. The second-order valence-corrected chi connectivity index (χ2v) is 6.48. The third-order valence-electron chi connectivity index (χ3n) is 3.41. The maximum absolute atomic E-state index is 11.0. The van der Waals surface area contributed by atoms with Gasteiger partial charge in [-0.25, -0.2) is 5.84 Å². The van der Waals surface area contributed by atoms with Crippen molar-refractivity contribution in [2.75, 3.05) is 6.61 Å². The molecule has 0 aliphatic rings. The summed E-state index contributed by atoms with van der Waals surface area (Å²) >= 11 is 0. The quantitative estimate of drug-likeness (QED) is 0.351. The molecule has 0 bridgehead atoms. The van der Waals surface area contributed by atoms with Gasteiger partial charge in [0.2, 0.25) is 5.91 Å². The van der Waals surface area contributed by atoms with Gasteiger partial charge in [0.15, 0.2) is 0 Å². The first-order chi connectivity index (χ1) is 9.84. The van der Waals surface area contributed by atoms with E-state index >= 15 is 0 Å². The fraction of sp³-hybridized carbons (Fsp3) is 0.588. The predicted octanol–water partition coefficient (Wildman–Crippen LogP) is 3.22. The van der Waals surface area contributed by atoms with Gasteiger partial charge in [-0.1, -0.05) is 32.9 Å². The van der Waals surface area contributed by atoms with Crippen molar-refractivity contribution < 1.29 is 9.53 Å². The second kappa shape index (κ2) is 8.03. The minimum Gasteiger partial charge on any atom is -0.493 e. The van der Waals surface area contributed by atoms with Gasteiger partial charge in [0.05, 0.1) is 6.61 Å². The van der Waals surface area contributed by atoms with Crippen molar-refractivity contribution in [3.05, 3.63) is 29.3 Å². The highest BCUT2D eigenvalue weighted by Gasteiger charge is 2.18. The zero-order valence-electron chi connectivity index (χ0n) is 13.7. The molecule has 1 rings (SSSR count). The largest absolute Gasteiger partial charge is 0.493 e. The van der Waals surface area contributed by atoms with E-state index in [2.05, 4.69) is 51.3 Å². The number of nitrogens with two attached hydrogens (primary N) is 1. The summed E-state index contributed by atoms with van der Waals surface area (Å²) < 4.78 is 5.95. The fourth-order valence-corrected chi connectivity index (χ4v) is 2.19. The molecule has 3 N–H and O–H groups in total. The van der Waals surface area contributed by atoms with Crippen molar-refractivity contribution in [2.24, 2.45) is 5.84 Å². The Bertz CT molecular complexity index is 464. The Morgan fingerprint density at radius 3 is 2.57 bits per heavy atom. The Morgan fingerprint density at radius 1 is 1.24 bits per heavy atom. The van der Waals surface area contributed by atoms with Crippen LogP contribution in [0.1, 0.15) is 57.6 Å². The minimum absolute atomic E-state index is 0.0717. The van der Waals surface area contributed by atoms with Gasteiger partial charge in [-0.2, -0.15) is 0 Å². The van der Waals surface area contributed by atoms with Crippen molar-refractivity contribution in [3.8, 4) is 5.75 Å². The second-order valence-electron chi connectivity index (χ2n) is 6.48. The molecule has 0 saturated heterocycles. The third kappa shape index (κ3) is 6.17. The molecule has 0 heterocycles. The number of carbonyl (C=O) groups excluding carboxylic acids is 1. The molecule has 118 valence electrons. The molecule has 21 heavy (non-hydrogen) atoms. The van der Waals surface area contributed by atoms with Crippen molar-refractivity contribution in [3.63, 3.8) is 0 Å². The number of hydrogen-bond acceptors (Lipinski definition) is 3. The maximum Gasteiger partial charge on any atom is 0.233 e. The van der Waals surface area contributed by atoms with Crippen LogP contribution in [0.2, 0.25) is 0 Å². The summed E-state index contributed by atoms with van der Waals surface area (Å²) in [6.45, 7) is 9.32. The molecule has 1 aromatic rings. The number of rotatable bonds is 7. The van der Waals surface area contributed by atoms with Crippen molar-refractivity contribution in [1.29, 1.82) is 0 Å². The Morgan fingerprint density at radius 2 is 1.95 bits per heavy atom. The summed E-state index contributed by atoms with van der Waals surface area (Å²) in [7, 11) is 0. The molecule has 0 radical (unpaired) electrons. The van der Waals surface area contributed by atoms with E-state index in [1.807, 2.05) is 0 Å². The lowest BCUT2D eigenvalue weighted by molar-refractivity contribution is -0.121. The molecular formula is C17H28N2O2. The first-order valence-corrected chi connectivity index (χ1v) is 7.58. The number of hydrazine groups is 1. The highest BCUT2D eigenvalue weighted by molar-refractivity contribution is 5.75. The molecule has 0 aliphatic heterocycles. The van der Waals surface area contributed by atoms with Gasteiger partial charge < -0.3 is 4.74 Å². The van der Waals surface area contributed by atoms with E-state index in [-0.39, 0.29) is 11.3 Å². The smallest absolute Gasteiger partial charge is 0.233 e. The molecule has 0 unspecified atom stereocenters. The van der Waals surface area contributed by atoms with Gasteiger partial charge in [0, 0.05) is 6.42 Å². The maximum atomic E-state index is 11.0. The van der Waals surface area contributed by atoms with Gasteiger partial charge in [0.1, 0.15) is 5.75 Å². The summed E-state index contributed by atoms with van der Waals surface area (Å²) in [5.41, 5.74) is 4.65. The zero-order chi connectivity index (χ0) is 15.9. The SMILES string of the molecule is Cc1ccc(C(C)(C)C)c(OCCCCCC(=O)NN)c1. The molecule has 0 atom stereocenters. The van der Waals surface area contributed by atoms with Crippen molar-refractivity contribution in [2.45, 2.75) is 58.8 Å². The first kappa shape index (κ1) is 17.5. The van der Waals surface area contributed by atoms with Gasteiger partial charge in [0.25, 0.3) is 0 Å². The topological polar surface area (TPSA) is 64.3 Å². The van der Waals surface area contributed by atoms with Crippen molar-refractivity contribution >= 4 is 5.91 Å². The Labute approximate surface area is 128 Å². The Kier molecular flexibility index (Phi) is 6.69. The zero-order valence-corrected chi connectivity index (χ0v) is 13.7. The van der Waals surface area contributed by atoms with E-state index < -0.39 is 0 Å². The van der Waals surface area contributed by atoms with Crippen LogP contribution in [0.4, 0.5) is 0 Å². The fourth-order valence-electron chi connectivity index (χ4n) is 2.19. The molecule has 0 fully saturated rings. The monoisotopic (exact) mass is 292 g/mol. The highest BCUT2D eigenvalue weighted by atomic mass is 16.5. The number of hydrogen-bond donors (Lipinski definition) is 2. The molecule has 0 aliphatic carbocycles. The van der Waals surface area contributed by atoms with Gasteiger partial charge >= 0.3 is 0 Å². The minimum atomic E-state index is -0.107. The Hall–Kier alpha value is -1.55. The van der Waals surface area contributed by atoms with Crippen LogP contribution in [-0.4, -0.2) is 12.5 Å². The van der Waals surface area contributed by atoms with Crippen LogP contribution in [0.5, 0.6) is 5.75 Å². The van der Waals surface area contributed by atoms with Gasteiger partial charge in [-0.3, -0.25) is 10.2 Å². The lowest BCUT2D eigenvalue weighted by Crippen LogP contribution is -2.29. The molecular weight excluding hydrogens is 264 g/mol. The van der Waals surface area contributed by atoms with Crippen LogP contribution in [0.3, 0.4) is 0 Å². The summed E-state index contributed by atoms with van der Waals surface area (Å²) in [5, 5.41) is 0. The van der Waals surface area contributed by atoms with E-state index in [0.29, 0.717) is 13.0 Å². The number of nitrogens with one attached hydrogen (secondary N) is 1. The van der Waals surface area contributed by atoms with Crippen LogP contribution in [0.25, 0.3) is 0 Å². The summed E-state index contributed by atoms with van der Waals surface area (Å²) in [6, 6.07) is 6.37. The first-order valence-electron chi connectivity index (χ1n) is 7.58. The lowest BCUT2D eigenvalue weighted by atomic mass is 9.86. The number of amides is 1. The molecule has 1 aromatic carbocycles. The third-order valence-corrected chi connectivity index (χ3v) is 3.41. The number of benzene rings is 1. The van der Waals surface area contributed by atoms with E-state index in [1.54, 1.807) is 0 Å². The number of aryl methyl sites for hydroxylation is 1. The highest BCUT2D eigenvalue weighted by Crippen LogP contribution is 2.32. The van der Waals surface area contributed by atoms with Crippen LogP contribution < -0.4 is 16.0 Å². The van der Waals surface area contributed by atoms with E-state index in [4.69, 9.17) is 10.6 Å². The number of carbonyl (C=O) groups is 1. The van der Waals surface area contributed by atoms with Gasteiger partial charge in [-0.15, -0.1) is 0 Å². The standard InChI is InChI=1S/C17H28N2O2/c1-13-9-10-14(17(2,3)4)15(12-13)21-11-7-5-6-8-16(20)19-18/h9-10,12H,5-8,11,18H2,1-4H3,(H,19,20). The predicted molar refractivity (Wildman–Crippen MR) is 86.2 cm³/mol. The normalized spacial score (nSPS) is 11.3. The van der Waals surface area contributed by atoms with Crippen LogP contribution in [0.15, 0.2) is 18.2 Å². The average molecular weight is 292 g/mol. The summed E-state index contributed by atoms with van der Waals surface area (Å²) in [4.78, 5) is 11.0. The van der Waals surface area contributed by atoms with Crippen LogP contribution in [0, 0.1) is 6.92 Å². The van der Waals surface area contributed by atoms with Crippen LogP contribution >= 0.6 is 0 Å². The molecule has 4 heteroatoms. The lowest BCUT2D eigenvalue weighted by Gasteiger charge is -2.23. The molecule has 0 spiro atoms. The summed E-state index contributed by atoms with van der Waals surface area (Å²) in [6.07, 6.45) is 3.22.